The molecule has 0 aliphatic heterocycles. The van der Waals surface area contributed by atoms with Crippen LogP contribution in [0.3, 0.4) is 0 Å². The van der Waals surface area contributed by atoms with Crippen LogP contribution in [0.4, 0.5) is 13.2 Å². The largest absolute Gasteiger partial charge is 0.416 e. The lowest BCUT2D eigenvalue weighted by atomic mass is 10.1. The summed E-state index contributed by atoms with van der Waals surface area (Å²) >= 11 is 0. The summed E-state index contributed by atoms with van der Waals surface area (Å²) in [6, 6.07) is 4.78. The predicted molar refractivity (Wildman–Crippen MR) is 99.8 cm³/mol. The van der Waals surface area contributed by atoms with Crippen LogP contribution in [0.1, 0.15) is 56.6 Å². The zero-order chi connectivity index (χ0) is 19.4. The van der Waals surface area contributed by atoms with E-state index in [9.17, 15) is 13.2 Å². The number of aliphatic imine (C=N–C) groups is 2. The predicted octanol–water partition coefficient (Wildman–Crippen LogP) is 3.78. The van der Waals surface area contributed by atoms with E-state index < -0.39 is 11.7 Å². The Kier molecular flexibility index (Phi) is 9.54. The van der Waals surface area contributed by atoms with Gasteiger partial charge in [0, 0.05) is 6.54 Å². The molecule has 0 bridgehead atoms. The second-order valence-corrected chi connectivity index (χ2v) is 6.06. The maximum atomic E-state index is 12.5. The molecule has 0 unspecified atom stereocenters. The molecule has 146 valence electrons. The van der Waals surface area contributed by atoms with Gasteiger partial charge in [-0.3, -0.25) is 10.3 Å². The monoisotopic (exact) mass is 371 g/mol. The quantitative estimate of drug-likeness (QED) is 0.351. The van der Waals surface area contributed by atoms with E-state index in [2.05, 4.69) is 22.2 Å². The van der Waals surface area contributed by atoms with Crippen molar-refractivity contribution in [1.82, 2.24) is 5.32 Å². The average Bonchev–Trinajstić information content (AvgIpc) is 2.59. The molecule has 0 aliphatic carbocycles. The minimum Gasteiger partial charge on any atom is -0.370 e. The molecule has 26 heavy (non-hydrogen) atoms. The second-order valence-electron chi connectivity index (χ2n) is 6.06. The van der Waals surface area contributed by atoms with E-state index in [0.29, 0.717) is 12.1 Å². The number of halogens is 3. The molecule has 0 aromatic heterocycles. The normalized spacial score (nSPS) is 13.1. The molecule has 5 N–H and O–H groups in total. The molecule has 1 aromatic rings. The summed E-state index contributed by atoms with van der Waals surface area (Å²) in [5.41, 5.74) is 11.4. The maximum Gasteiger partial charge on any atom is 0.416 e. The van der Waals surface area contributed by atoms with Crippen LogP contribution in [0.15, 0.2) is 34.3 Å². The van der Waals surface area contributed by atoms with Crippen molar-refractivity contribution in [3.05, 3.63) is 35.4 Å². The van der Waals surface area contributed by atoms with Crippen LogP contribution in [0.25, 0.3) is 0 Å². The summed E-state index contributed by atoms with van der Waals surface area (Å²) in [7, 11) is 0. The van der Waals surface area contributed by atoms with Gasteiger partial charge in [0.05, 0.1) is 12.1 Å². The fourth-order valence-electron chi connectivity index (χ4n) is 2.28. The molecular formula is C18H28F3N5. The third-order valence-electron chi connectivity index (χ3n) is 3.76. The van der Waals surface area contributed by atoms with Crippen molar-refractivity contribution in [2.75, 3.05) is 6.54 Å². The second kappa shape index (κ2) is 11.4. The van der Waals surface area contributed by atoms with Crippen LogP contribution in [0.2, 0.25) is 0 Å². The number of nitrogens with zero attached hydrogens (tertiary/aromatic N) is 2. The number of rotatable bonds is 9. The van der Waals surface area contributed by atoms with Crippen molar-refractivity contribution in [1.29, 1.82) is 0 Å². The fraction of sp³-hybridized carbons (Fsp3) is 0.556. The van der Waals surface area contributed by atoms with E-state index in [1.165, 1.54) is 37.8 Å². The molecule has 1 rings (SSSR count). The summed E-state index contributed by atoms with van der Waals surface area (Å²) in [5, 5.41) is 2.67. The summed E-state index contributed by atoms with van der Waals surface area (Å²) in [5.74, 6) is 0.265. The Labute approximate surface area is 152 Å². The van der Waals surface area contributed by atoms with Crippen LogP contribution >= 0.6 is 0 Å². The van der Waals surface area contributed by atoms with E-state index >= 15 is 0 Å². The van der Waals surface area contributed by atoms with Crippen LogP contribution in [-0.4, -0.2) is 18.5 Å². The van der Waals surface area contributed by atoms with Gasteiger partial charge in [0.15, 0.2) is 11.9 Å². The van der Waals surface area contributed by atoms with Crippen molar-refractivity contribution < 1.29 is 13.2 Å². The van der Waals surface area contributed by atoms with Crippen molar-refractivity contribution in [2.24, 2.45) is 21.5 Å². The number of hydrogen-bond donors (Lipinski definition) is 3. The smallest absolute Gasteiger partial charge is 0.370 e. The molecule has 8 heteroatoms. The standard InChI is InChI=1S/C18H28F3N5/c1-2-3-4-5-6-7-12-24-16(22)26-17(23)25-13-14-8-10-15(11-9-14)18(19,20)21/h8-11H,2-7,12-13H2,1H3,(H5,22,23,24,25,26). The highest BCUT2D eigenvalue weighted by atomic mass is 19.4. The summed E-state index contributed by atoms with van der Waals surface area (Å²) in [6.45, 7) is 2.96. The highest BCUT2D eigenvalue weighted by molar-refractivity contribution is 5.96. The van der Waals surface area contributed by atoms with Crippen LogP contribution < -0.4 is 16.8 Å². The first-order valence-corrected chi connectivity index (χ1v) is 8.86. The number of nitrogens with two attached hydrogens (primary N) is 2. The highest BCUT2D eigenvalue weighted by Crippen LogP contribution is 2.29. The minimum absolute atomic E-state index is 0.0779. The first-order chi connectivity index (χ1) is 12.3. The molecule has 0 amide bonds. The van der Waals surface area contributed by atoms with Crippen molar-refractivity contribution in [3.8, 4) is 0 Å². The van der Waals surface area contributed by atoms with E-state index in [4.69, 9.17) is 11.5 Å². The Balaban J connectivity index is 2.34. The van der Waals surface area contributed by atoms with E-state index in [1.54, 1.807) is 0 Å². The molecule has 5 nitrogen and oxygen atoms in total. The number of guanidine groups is 2. The number of benzene rings is 1. The number of hydrogen-bond acceptors (Lipinski definition) is 2. The van der Waals surface area contributed by atoms with Crippen LogP contribution in [0, 0.1) is 0 Å². The van der Waals surface area contributed by atoms with Crippen molar-refractivity contribution >= 4 is 11.9 Å². The molecule has 0 spiro atoms. The van der Waals surface area contributed by atoms with Gasteiger partial charge in [-0.05, 0) is 24.1 Å². The molecule has 1 aromatic carbocycles. The molecule has 0 radical (unpaired) electrons. The van der Waals surface area contributed by atoms with E-state index in [0.717, 1.165) is 25.0 Å². The average molecular weight is 371 g/mol. The highest BCUT2D eigenvalue weighted by Gasteiger charge is 2.29. The molecule has 0 heterocycles. The van der Waals surface area contributed by atoms with Gasteiger partial charge >= 0.3 is 6.18 Å². The third-order valence-corrected chi connectivity index (χ3v) is 3.76. The minimum atomic E-state index is -4.34. The van der Waals surface area contributed by atoms with E-state index in [1.807, 2.05) is 0 Å². The lowest BCUT2D eigenvalue weighted by Gasteiger charge is -2.07. The molecule has 0 atom stereocenters. The lowest BCUT2D eigenvalue weighted by molar-refractivity contribution is -0.137. The summed E-state index contributed by atoms with van der Waals surface area (Å²) < 4.78 is 37.5. The zero-order valence-electron chi connectivity index (χ0n) is 15.1. The third kappa shape index (κ3) is 9.29. The molecule has 0 fully saturated rings. The van der Waals surface area contributed by atoms with Gasteiger partial charge in [-0.2, -0.15) is 13.2 Å². The maximum absolute atomic E-state index is 12.5. The van der Waals surface area contributed by atoms with Crippen molar-refractivity contribution in [2.45, 2.75) is 58.2 Å². The van der Waals surface area contributed by atoms with Gasteiger partial charge in [0.1, 0.15) is 0 Å². The Morgan fingerprint density at radius 1 is 0.923 bits per heavy atom. The Bertz CT molecular complexity index is 579. The Morgan fingerprint density at radius 3 is 2.12 bits per heavy atom. The Morgan fingerprint density at radius 2 is 1.50 bits per heavy atom. The lowest BCUT2D eigenvalue weighted by Crippen LogP contribution is -2.41. The molecule has 0 saturated heterocycles. The Hall–Kier alpha value is -2.25. The molecule has 0 aliphatic rings. The first kappa shape index (κ1) is 21.8. The number of unbranched alkanes of at least 4 members (excludes halogenated alkanes) is 5. The summed E-state index contributed by atoms with van der Waals surface area (Å²) in [4.78, 5) is 8.22. The fourth-order valence-corrected chi connectivity index (χ4v) is 2.28. The van der Waals surface area contributed by atoms with E-state index in [-0.39, 0.29) is 18.5 Å². The molecular weight excluding hydrogens is 343 g/mol. The van der Waals surface area contributed by atoms with Gasteiger partial charge in [0.2, 0.25) is 0 Å². The van der Waals surface area contributed by atoms with Gasteiger partial charge in [0.25, 0.3) is 0 Å². The number of alkyl halides is 3. The topological polar surface area (TPSA) is 88.8 Å². The first-order valence-electron chi connectivity index (χ1n) is 8.86. The van der Waals surface area contributed by atoms with Gasteiger partial charge in [-0.15, -0.1) is 0 Å². The van der Waals surface area contributed by atoms with Gasteiger partial charge < -0.3 is 11.5 Å². The van der Waals surface area contributed by atoms with Crippen LogP contribution in [-0.2, 0) is 12.7 Å². The SMILES string of the molecule is CCCCCCCCN=C(N)NC(N)=NCc1ccc(C(F)(F)F)cc1. The van der Waals surface area contributed by atoms with Gasteiger partial charge in [-0.1, -0.05) is 51.2 Å². The number of nitrogens with one attached hydrogen (secondary N) is 1. The summed E-state index contributed by atoms with van der Waals surface area (Å²) in [6.07, 6.45) is 2.68. The zero-order valence-corrected chi connectivity index (χ0v) is 15.1. The van der Waals surface area contributed by atoms with Gasteiger partial charge in [-0.25, -0.2) is 4.99 Å². The molecule has 0 saturated carbocycles. The van der Waals surface area contributed by atoms with Crippen molar-refractivity contribution in [3.63, 3.8) is 0 Å². The van der Waals surface area contributed by atoms with Crippen LogP contribution in [0.5, 0.6) is 0 Å².